The first-order valence-electron chi connectivity index (χ1n) is 3.99. The summed E-state index contributed by atoms with van der Waals surface area (Å²) >= 11 is 2.67. The summed E-state index contributed by atoms with van der Waals surface area (Å²) in [4.78, 5) is 20.4. The van der Waals surface area contributed by atoms with E-state index in [0.29, 0.717) is 12.1 Å². The Balaban J connectivity index is 3.59. The zero-order valence-electron chi connectivity index (χ0n) is 7.92. The number of nitrogens with two attached hydrogens (primary N) is 1. The molecule has 9 heteroatoms. The average Bonchev–Trinajstić information content (AvgIpc) is 2.14. The van der Waals surface area contributed by atoms with Crippen molar-refractivity contribution in [1.82, 2.24) is 0 Å². The van der Waals surface area contributed by atoms with Crippen LogP contribution in [-0.2, 0) is 6.18 Å². The number of primary amides is 1. The SMILES string of the molecule is NC(=O)c1cc(C(F)(F)F)cc([N+](=O)[O-])c1Br. The van der Waals surface area contributed by atoms with E-state index < -0.39 is 33.8 Å². The van der Waals surface area contributed by atoms with E-state index in [9.17, 15) is 28.1 Å². The predicted molar refractivity (Wildman–Crippen MR) is 54.3 cm³/mol. The summed E-state index contributed by atoms with van der Waals surface area (Å²) in [6, 6.07) is 0.788. The predicted octanol–water partition coefficient (Wildman–Crippen LogP) is 2.48. The van der Waals surface area contributed by atoms with E-state index >= 15 is 0 Å². The number of hydrogen-bond donors (Lipinski definition) is 1. The molecule has 17 heavy (non-hydrogen) atoms. The molecule has 0 saturated carbocycles. The third-order valence-corrected chi connectivity index (χ3v) is 2.68. The molecule has 0 spiro atoms. The maximum atomic E-state index is 12.4. The van der Waals surface area contributed by atoms with Crippen LogP contribution < -0.4 is 5.73 Å². The van der Waals surface area contributed by atoms with E-state index in [1.165, 1.54) is 0 Å². The maximum Gasteiger partial charge on any atom is 0.416 e. The van der Waals surface area contributed by atoms with Gasteiger partial charge in [0.1, 0.15) is 4.47 Å². The van der Waals surface area contributed by atoms with Crippen LogP contribution in [0.3, 0.4) is 0 Å². The second kappa shape index (κ2) is 4.32. The molecule has 0 unspecified atom stereocenters. The number of alkyl halides is 3. The van der Waals surface area contributed by atoms with Crippen molar-refractivity contribution in [2.45, 2.75) is 6.18 Å². The average molecular weight is 313 g/mol. The van der Waals surface area contributed by atoms with Crippen molar-refractivity contribution in [3.05, 3.63) is 37.8 Å². The Morgan fingerprint density at radius 1 is 1.41 bits per heavy atom. The molecule has 0 bridgehead atoms. The van der Waals surface area contributed by atoms with Crippen LogP contribution in [0.15, 0.2) is 16.6 Å². The fraction of sp³-hybridized carbons (Fsp3) is 0.125. The normalized spacial score (nSPS) is 11.3. The van der Waals surface area contributed by atoms with Crippen molar-refractivity contribution >= 4 is 27.5 Å². The Bertz CT molecular complexity index is 466. The lowest BCUT2D eigenvalue weighted by molar-refractivity contribution is -0.385. The lowest BCUT2D eigenvalue weighted by Gasteiger charge is -2.09. The second-order valence-electron chi connectivity index (χ2n) is 2.98. The third kappa shape index (κ3) is 2.73. The number of benzene rings is 1. The molecule has 0 aliphatic rings. The lowest BCUT2D eigenvalue weighted by atomic mass is 10.1. The van der Waals surface area contributed by atoms with Crippen LogP contribution >= 0.6 is 15.9 Å². The van der Waals surface area contributed by atoms with Gasteiger partial charge in [-0.1, -0.05) is 0 Å². The van der Waals surface area contributed by atoms with Crippen LogP contribution in [-0.4, -0.2) is 10.8 Å². The number of amides is 1. The van der Waals surface area contributed by atoms with Gasteiger partial charge < -0.3 is 5.73 Å². The molecule has 0 radical (unpaired) electrons. The van der Waals surface area contributed by atoms with Crippen LogP contribution in [0, 0.1) is 10.1 Å². The van der Waals surface area contributed by atoms with Crippen molar-refractivity contribution in [3.63, 3.8) is 0 Å². The minimum Gasteiger partial charge on any atom is -0.366 e. The van der Waals surface area contributed by atoms with Gasteiger partial charge in [0.15, 0.2) is 0 Å². The molecule has 0 atom stereocenters. The molecule has 5 nitrogen and oxygen atoms in total. The van der Waals surface area contributed by atoms with Crippen molar-refractivity contribution in [3.8, 4) is 0 Å². The molecule has 0 aliphatic carbocycles. The summed E-state index contributed by atoms with van der Waals surface area (Å²) in [5.41, 5.74) is 2.07. The first-order valence-corrected chi connectivity index (χ1v) is 4.79. The molecular formula is C8H4BrF3N2O3. The van der Waals surface area contributed by atoms with Gasteiger partial charge in [-0.3, -0.25) is 14.9 Å². The number of rotatable bonds is 2. The highest BCUT2D eigenvalue weighted by Crippen LogP contribution is 2.37. The molecular weight excluding hydrogens is 309 g/mol. The van der Waals surface area contributed by atoms with E-state index in [0.717, 1.165) is 0 Å². The third-order valence-electron chi connectivity index (χ3n) is 1.84. The Morgan fingerprint density at radius 2 is 1.94 bits per heavy atom. The molecule has 1 rings (SSSR count). The van der Waals surface area contributed by atoms with Gasteiger partial charge in [0.25, 0.3) is 5.69 Å². The molecule has 0 heterocycles. The maximum absolute atomic E-state index is 12.4. The minimum absolute atomic E-state index is 0.330. The van der Waals surface area contributed by atoms with Crippen LogP contribution in [0.1, 0.15) is 15.9 Å². The number of nitrogens with zero attached hydrogens (tertiary/aromatic N) is 1. The number of hydrogen-bond acceptors (Lipinski definition) is 3. The number of carbonyl (C=O) groups is 1. The zero-order chi connectivity index (χ0) is 13.4. The van der Waals surface area contributed by atoms with Gasteiger partial charge in [-0.15, -0.1) is 0 Å². The minimum atomic E-state index is -4.80. The van der Waals surface area contributed by atoms with Crippen molar-refractivity contribution in [2.24, 2.45) is 5.73 Å². The highest BCUT2D eigenvalue weighted by atomic mass is 79.9. The van der Waals surface area contributed by atoms with E-state index in [1.807, 2.05) is 0 Å². The van der Waals surface area contributed by atoms with Gasteiger partial charge in [0, 0.05) is 6.07 Å². The number of carbonyl (C=O) groups excluding carboxylic acids is 1. The highest BCUT2D eigenvalue weighted by molar-refractivity contribution is 9.10. The van der Waals surface area contributed by atoms with Gasteiger partial charge >= 0.3 is 6.18 Å². The van der Waals surface area contributed by atoms with Crippen molar-refractivity contribution < 1.29 is 22.9 Å². The molecule has 1 amide bonds. The smallest absolute Gasteiger partial charge is 0.366 e. The van der Waals surface area contributed by atoms with Gasteiger partial charge in [0.05, 0.1) is 16.1 Å². The Kier molecular flexibility index (Phi) is 3.41. The Labute approximate surface area is 101 Å². The van der Waals surface area contributed by atoms with E-state index in [2.05, 4.69) is 15.9 Å². The zero-order valence-corrected chi connectivity index (χ0v) is 9.50. The molecule has 0 fully saturated rings. The van der Waals surface area contributed by atoms with Gasteiger partial charge in [-0.2, -0.15) is 13.2 Å². The fourth-order valence-electron chi connectivity index (χ4n) is 1.08. The molecule has 0 aliphatic heterocycles. The molecule has 2 N–H and O–H groups in total. The topological polar surface area (TPSA) is 86.2 Å². The van der Waals surface area contributed by atoms with Gasteiger partial charge in [0.2, 0.25) is 5.91 Å². The lowest BCUT2D eigenvalue weighted by Crippen LogP contribution is -2.15. The largest absolute Gasteiger partial charge is 0.416 e. The van der Waals surface area contributed by atoms with Crippen LogP contribution in [0.5, 0.6) is 0 Å². The standard InChI is InChI=1S/C8H4BrF3N2O3/c9-6-4(7(13)15)1-3(8(10,11)12)2-5(6)14(16)17/h1-2H,(H2,13,15). The summed E-state index contributed by atoms with van der Waals surface area (Å²) in [6.45, 7) is 0. The first kappa shape index (κ1) is 13.4. The molecule has 0 saturated heterocycles. The van der Waals surface area contributed by atoms with Crippen molar-refractivity contribution in [1.29, 1.82) is 0 Å². The number of nitro groups is 1. The number of halogens is 4. The summed E-state index contributed by atoms with van der Waals surface area (Å²) in [5.74, 6) is -1.19. The molecule has 0 aromatic heterocycles. The Hall–Kier alpha value is -1.64. The first-order chi connectivity index (χ1) is 7.64. The van der Waals surface area contributed by atoms with Gasteiger partial charge in [-0.05, 0) is 22.0 Å². The van der Waals surface area contributed by atoms with Gasteiger partial charge in [-0.25, -0.2) is 0 Å². The molecule has 92 valence electrons. The number of nitro benzene ring substituents is 1. The quantitative estimate of drug-likeness (QED) is 0.672. The summed E-state index contributed by atoms with van der Waals surface area (Å²) in [6.07, 6.45) is -4.80. The van der Waals surface area contributed by atoms with Crippen LogP contribution in [0.2, 0.25) is 0 Å². The van der Waals surface area contributed by atoms with E-state index in [1.54, 1.807) is 0 Å². The summed E-state index contributed by atoms with van der Waals surface area (Å²) < 4.78 is 36.9. The van der Waals surface area contributed by atoms with Crippen LogP contribution in [0.25, 0.3) is 0 Å². The summed E-state index contributed by atoms with van der Waals surface area (Å²) in [7, 11) is 0. The van der Waals surface area contributed by atoms with Crippen LogP contribution in [0.4, 0.5) is 18.9 Å². The van der Waals surface area contributed by atoms with E-state index in [-0.39, 0.29) is 4.47 Å². The summed E-state index contributed by atoms with van der Waals surface area (Å²) in [5, 5.41) is 10.5. The second-order valence-corrected chi connectivity index (χ2v) is 3.77. The van der Waals surface area contributed by atoms with E-state index in [4.69, 9.17) is 5.73 Å². The monoisotopic (exact) mass is 312 g/mol. The fourth-order valence-corrected chi connectivity index (χ4v) is 1.65. The molecule has 1 aromatic carbocycles. The van der Waals surface area contributed by atoms with Crippen molar-refractivity contribution in [2.75, 3.05) is 0 Å². The highest BCUT2D eigenvalue weighted by Gasteiger charge is 2.34. The Morgan fingerprint density at radius 3 is 2.29 bits per heavy atom. The molecule has 1 aromatic rings.